The molecule has 32 heavy (non-hydrogen) atoms. The van der Waals surface area contributed by atoms with Crippen LogP contribution in [-0.2, 0) is 16.1 Å². The predicted octanol–water partition coefficient (Wildman–Crippen LogP) is 0.108. The van der Waals surface area contributed by atoms with Crippen LogP contribution in [0.4, 0.5) is 11.6 Å². The molecular weight excluding hydrogens is 412 g/mol. The number of nitrogens with two attached hydrogens (primary N) is 1. The van der Waals surface area contributed by atoms with E-state index < -0.39 is 17.7 Å². The summed E-state index contributed by atoms with van der Waals surface area (Å²) >= 11 is 0. The Kier molecular flexibility index (Phi) is 6.06. The van der Waals surface area contributed by atoms with E-state index in [0.29, 0.717) is 49.9 Å². The molecule has 164 valence electrons. The first-order valence-electron chi connectivity index (χ1n) is 10.0. The van der Waals surface area contributed by atoms with Crippen LogP contribution in [0.25, 0.3) is 0 Å². The Balaban J connectivity index is 1.28. The Bertz CT molecular complexity index is 1110. The van der Waals surface area contributed by atoms with Gasteiger partial charge >= 0.3 is 11.8 Å². The van der Waals surface area contributed by atoms with Crippen molar-refractivity contribution in [3.63, 3.8) is 0 Å². The van der Waals surface area contributed by atoms with Crippen LogP contribution in [0.2, 0.25) is 0 Å². The Morgan fingerprint density at radius 2 is 1.81 bits per heavy atom. The summed E-state index contributed by atoms with van der Waals surface area (Å²) < 4.78 is 1.64. The molecule has 0 unspecified atom stereocenters. The number of carbonyl (C=O) groups excluding carboxylic acids is 3. The van der Waals surface area contributed by atoms with Gasteiger partial charge in [0, 0.05) is 50.8 Å². The minimum Gasteiger partial charge on any atom is -0.366 e. The number of carbonyl (C=O) groups is 3. The normalized spacial score (nSPS) is 13.6. The summed E-state index contributed by atoms with van der Waals surface area (Å²) in [7, 11) is 0. The minimum atomic E-state index is -0.731. The summed E-state index contributed by atoms with van der Waals surface area (Å²) in [4.78, 5) is 48.1. The Labute approximate surface area is 183 Å². The summed E-state index contributed by atoms with van der Waals surface area (Å²) in [6.07, 6.45) is 4.84. The summed E-state index contributed by atoms with van der Waals surface area (Å²) in [6, 6.07) is 10.6. The van der Waals surface area contributed by atoms with Gasteiger partial charge in [-0.2, -0.15) is 5.10 Å². The third kappa shape index (κ3) is 4.89. The van der Waals surface area contributed by atoms with Gasteiger partial charge in [0.05, 0.1) is 17.8 Å². The summed E-state index contributed by atoms with van der Waals surface area (Å²) in [5.41, 5.74) is 6.40. The first-order valence-corrected chi connectivity index (χ1v) is 10.0. The molecule has 4 rings (SSSR count). The van der Waals surface area contributed by atoms with Crippen molar-refractivity contribution in [3.05, 3.63) is 66.2 Å². The molecule has 0 spiro atoms. The number of piperazine rings is 1. The molecule has 3 amide bonds. The fourth-order valence-corrected chi connectivity index (χ4v) is 3.34. The van der Waals surface area contributed by atoms with Crippen LogP contribution < -0.4 is 16.0 Å². The molecule has 0 aromatic carbocycles. The van der Waals surface area contributed by atoms with Crippen molar-refractivity contribution in [2.24, 2.45) is 5.73 Å². The molecule has 3 N–H and O–H groups in total. The zero-order chi connectivity index (χ0) is 22.5. The highest BCUT2D eigenvalue weighted by Gasteiger charge is 2.27. The van der Waals surface area contributed by atoms with Crippen LogP contribution in [0.15, 0.2) is 55.0 Å². The molecule has 0 aliphatic carbocycles. The van der Waals surface area contributed by atoms with Crippen molar-refractivity contribution in [1.82, 2.24) is 24.6 Å². The number of nitrogens with one attached hydrogen (secondary N) is 1. The number of rotatable bonds is 5. The van der Waals surface area contributed by atoms with E-state index in [9.17, 15) is 14.4 Å². The van der Waals surface area contributed by atoms with Gasteiger partial charge in [-0.15, -0.1) is 0 Å². The first-order chi connectivity index (χ1) is 15.5. The van der Waals surface area contributed by atoms with Crippen molar-refractivity contribution >= 4 is 29.4 Å². The quantitative estimate of drug-likeness (QED) is 0.543. The van der Waals surface area contributed by atoms with Crippen molar-refractivity contribution in [2.45, 2.75) is 6.54 Å². The third-order valence-electron chi connectivity index (χ3n) is 5.05. The highest BCUT2D eigenvalue weighted by Crippen LogP contribution is 2.14. The molecule has 1 saturated heterocycles. The van der Waals surface area contributed by atoms with Gasteiger partial charge in [0.25, 0.3) is 0 Å². The second-order valence-corrected chi connectivity index (χ2v) is 7.22. The number of hydrogen-bond donors (Lipinski definition) is 2. The average Bonchev–Trinajstić information content (AvgIpc) is 3.26. The maximum atomic E-state index is 12.5. The van der Waals surface area contributed by atoms with E-state index in [0.717, 1.165) is 5.69 Å². The molecule has 3 aromatic rings. The Hall–Kier alpha value is -4.28. The second kappa shape index (κ2) is 9.25. The molecule has 1 fully saturated rings. The van der Waals surface area contributed by atoms with E-state index in [2.05, 4.69) is 20.4 Å². The smallest absolute Gasteiger partial charge is 0.315 e. The number of hydrogen-bond acceptors (Lipinski definition) is 7. The van der Waals surface area contributed by atoms with Crippen LogP contribution in [0.3, 0.4) is 0 Å². The van der Waals surface area contributed by atoms with Crippen molar-refractivity contribution in [1.29, 1.82) is 0 Å². The third-order valence-corrected chi connectivity index (χ3v) is 5.05. The van der Waals surface area contributed by atoms with E-state index in [1.165, 1.54) is 11.1 Å². The van der Waals surface area contributed by atoms with Gasteiger partial charge in [0.15, 0.2) is 5.82 Å². The molecule has 1 aliphatic rings. The van der Waals surface area contributed by atoms with Crippen LogP contribution in [-0.4, -0.2) is 68.5 Å². The lowest BCUT2D eigenvalue weighted by Crippen LogP contribution is -2.51. The topological polar surface area (TPSA) is 139 Å². The maximum absolute atomic E-state index is 12.5. The largest absolute Gasteiger partial charge is 0.366 e. The molecule has 0 saturated carbocycles. The fraction of sp³-hybridized carbons (Fsp3) is 0.238. The predicted molar refractivity (Wildman–Crippen MR) is 116 cm³/mol. The van der Waals surface area contributed by atoms with Gasteiger partial charge in [-0.3, -0.25) is 24.0 Å². The van der Waals surface area contributed by atoms with Gasteiger partial charge in [0.2, 0.25) is 5.91 Å². The van der Waals surface area contributed by atoms with Crippen LogP contribution in [0.1, 0.15) is 16.1 Å². The van der Waals surface area contributed by atoms with Crippen LogP contribution >= 0.6 is 0 Å². The second-order valence-electron chi connectivity index (χ2n) is 7.22. The molecule has 3 aromatic heterocycles. The van der Waals surface area contributed by atoms with Crippen molar-refractivity contribution in [3.8, 4) is 0 Å². The SMILES string of the molecule is NC(=O)c1ccc(N2CCN(C(=O)C(=O)Nc3ccn(Cc4ccccn4)n3)CC2)nc1. The lowest BCUT2D eigenvalue weighted by atomic mass is 10.2. The molecule has 0 bridgehead atoms. The van der Waals surface area contributed by atoms with E-state index in [1.807, 2.05) is 23.1 Å². The molecule has 1 aliphatic heterocycles. The van der Waals surface area contributed by atoms with E-state index in [-0.39, 0.29) is 0 Å². The van der Waals surface area contributed by atoms with Gasteiger partial charge in [0.1, 0.15) is 5.82 Å². The van der Waals surface area contributed by atoms with E-state index in [1.54, 1.807) is 35.3 Å². The Morgan fingerprint density at radius 1 is 1.00 bits per heavy atom. The molecular formula is C21H22N8O3. The number of amides is 3. The number of pyridine rings is 2. The highest BCUT2D eigenvalue weighted by molar-refractivity contribution is 6.39. The molecule has 0 atom stereocenters. The zero-order valence-corrected chi connectivity index (χ0v) is 17.2. The number of anilines is 2. The average molecular weight is 434 g/mol. The fourth-order valence-electron chi connectivity index (χ4n) is 3.34. The maximum Gasteiger partial charge on any atom is 0.315 e. The summed E-state index contributed by atoms with van der Waals surface area (Å²) in [5, 5.41) is 6.82. The van der Waals surface area contributed by atoms with Crippen LogP contribution in [0, 0.1) is 0 Å². The minimum absolute atomic E-state index is 0.302. The molecule has 0 radical (unpaired) electrons. The van der Waals surface area contributed by atoms with Crippen molar-refractivity contribution < 1.29 is 14.4 Å². The molecule has 11 heteroatoms. The van der Waals surface area contributed by atoms with E-state index >= 15 is 0 Å². The lowest BCUT2D eigenvalue weighted by molar-refractivity contribution is -0.143. The monoisotopic (exact) mass is 434 g/mol. The number of primary amides is 1. The number of nitrogens with zero attached hydrogens (tertiary/aromatic N) is 6. The van der Waals surface area contributed by atoms with Crippen LogP contribution in [0.5, 0.6) is 0 Å². The van der Waals surface area contributed by atoms with Gasteiger partial charge in [-0.25, -0.2) is 4.98 Å². The highest BCUT2D eigenvalue weighted by atomic mass is 16.2. The molecule has 11 nitrogen and oxygen atoms in total. The lowest BCUT2D eigenvalue weighted by Gasteiger charge is -2.35. The van der Waals surface area contributed by atoms with Gasteiger partial charge < -0.3 is 20.9 Å². The Morgan fingerprint density at radius 3 is 2.47 bits per heavy atom. The number of aromatic nitrogens is 4. The van der Waals surface area contributed by atoms with Gasteiger partial charge in [-0.1, -0.05) is 6.07 Å². The standard InChI is InChI=1S/C21H22N8O3/c22-19(30)15-4-5-18(24-13-15)27-9-11-28(12-10-27)21(32)20(31)25-17-6-8-29(26-17)14-16-3-1-2-7-23-16/h1-8,13H,9-12,14H2,(H2,22,30)(H,25,26,31). The zero-order valence-electron chi connectivity index (χ0n) is 17.2. The van der Waals surface area contributed by atoms with Crippen molar-refractivity contribution in [2.75, 3.05) is 36.4 Å². The summed E-state index contributed by atoms with van der Waals surface area (Å²) in [6.45, 7) is 2.24. The van der Waals surface area contributed by atoms with E-state index in [4.69, 9.17) is 5.73 Å². The summed E-state index contributed by atoms with van der Waals surface area (Å²) in [5.74, 6) is -0.889. The first kappa shape index (κ1) is 21.0. The van der Waals surface area contributed by atoms with Gasteiger partial charge in [-0.05, 0) is 24.3 Å². The molecule has 4 heterocycles.